The molecule has 4 fully saturated rings. The second-order valence-electron chi connectivity index (χ2n) is 13.9. The third kappa shape index (κ3) is 6.79. The van der Waals surface area contributed by atoms with Gasteiger partial charge in [0, 0.05) is 36.5 Å². The number of fused-ring (bicyclic) bond motifs is 1. The minimum absolute atomic E-state index is 0.0429. The molecule has 8 heteroatoms. The maximum atomic E-state index is 14.3. The number of ether oxygens (including phenoxy) is 1. The number of hydrogen-bond acceptors (Lipinski definition) is 4. The van der Waals surface area contributed by atoms with E-state index in [0.29, 0.717) is 37.1 Å². The summed E-state index contributed by atoms with van der Waals surface area (Å²) in [6.07, 6.45) is 9.92. The summed E-state index contributed by atoms with van der Waals surface area (Å²) in [7, 11) is 0. The zero-order valence-corrected chi connectivity index (χ0v) is 26.0. The van der Waals surface area contributed by atoms with Crippen LogP contribution >= 0.6 is 0 Å². The molecule has 1 aromatic heterocycles. The molecule has 3 aromatic rings. The van der Waals surface area contributed by atoms with Crippen LogP contribution in [-0.4, -0.2) is 46.6 Å². The summed E-state index contributed by atoms with van der Waals surface area (Å²) in [4.78, 5) is 43.7. The highest BCUT2D eigenvalue weighted by molar-refractivity contribution is 5.92. The monoisotopic (exact) mass is 598 g/mol. The topological polar surface area (TPSA) is 112 Å². The number of nitrogens with one attached hydrogen (secondary N) is 4. The molecule has 44 heavy (non-hydrogen) atoms. The van der Waals surface area contributed by atoms with Gasteiger partial charge in [-0.05, 0) is 93.2 Å². The smallest absolute Gasteiger partial charge is 0.408 e. The third-order valence-corrected chi connectivity index (χ3v) is 10.1. The van der Waals surface area contributed by atoms with Crippen LogP contribution in [0.5, 0.6) is 0 Å². The maximum absolute atomic E-state index is 14.3. The lowest BCUT2D eigenvalue weighted by atomic mass is 9.54. The second-order valence-corrected chi connectivity index (χ2v) is 13.9. The summed E-state index contributed by atoms with van der Waals surface area (Å²) in [6.45, 7) is 4.04. The van der Waals surface area contributed by atoms with Crippen molar-refractivity contribution in [2.75, 3.05) is 6.54 Å². The predicted octanol–water partition coefficient (Wildman–Crippen LogP) is 5.81. The molecule has 1 heterocycles. The van der Waals surface area contributed by atoms with E-state index in [-0.39, 0.29) is 24.3 Å². The number of hydrogen-bond donors (Lipinski definition) is 4. The first kappa shape index (κ1) is 30.2. The fraction of sp³-hybridized carbons (Fsp3) is 0.528. The van der Waals surface area contributed by atoms with Crippen molar-refractivity contribution in [3.8, 4) is 0 Å². The van der Waals surface area contributed by atoms with Crippen LogP contribution in [0.4, 0.5) is 4.79 Å². The molecule has 4 saturated carbocycles. The molecule has 0 aliphatic heterocycles. The first-order chi connectivity index (χ1) is 21.2. The lowest BCUT2D eigenvalue weighted by Crippen LogP contribution is -2.62. The molecular weight excluding hydrogens is 552 g/mol. The fourth-order valence-electron chi connectivity index (χ4n) is 8.41. The fourth-order valence-corrected chi connectivity index (χ4v) is 8.41. The van der Waals surface area contributed by atoms with E-state index in [1.54, 1.807) is 6.92 Å². The highest BCUT2D eigenvalue weighted by atomic mass is 16.6. The minimum Gasteiger partial charge on any atom is -0.443 e. The molecule has 2 aromatic carbocycles. The van der Waals surface area contributed by atoms with Crippen LogP contribution in [0.15, 0.2) is 60.8 Å². The second kappa shape index (κ2) is 12.7. The molecule has 7 rings (SSSR count). The Kier molecular flexibility index (Phi) is 8.70. The van der Waals surface area contributed by atoms with Crippen molar-refractivity contribution in [1.29, 1.82) is 0 Å². The van der Waals surface area contributed by atoms with Crippen LogP contribution in [0.25, 0.3) is 10.9 Å². The Balaban J connectivity index is 1.23. The summed E-state index contributed by atoms with van der Waals surface area (Å²) in [5.41, 5.74) is 1.24. The van der Waals surface area contributed by atoms with E-state index >= 15 is 0 Å². The Hall–Kier alpha value is -3.81. The predicted molar refractivity (Wildman–Crippen MR) is 171 cm³/mol. The quantitative estimate of drug-likeness (QED) is 0.211. The van der Waals surface area contributed by atoms with Gasteiger partial charge in [0.15, 0.2) is 0 Å². The lowest BCUT2D eigenvalue weighted by Gasteiger charge is -2.55. The Labute approximate surface area is 260 Å². The van der Waals surface area contributed by atoms with E-state index in [0.717, 1.165) is 47.7 Å². The maximum Gasteiger partial charge on any atom is 0.408 e. The molecule has 4 aliphatic rings. The van der Waals surface area contributed by atoms with Gasteiger partial charge in [-0.15, -0.1) is 0 Å². The van der Waals surface area contributed by atoms with Crippen molar-refractivity contribution in [3.63, 3.8) is 0 Å². The van der Waals surface area contributed by atoms with Crippen LogP contribution in [0.3, 0.4) is 0 Å². The summed E-state index contributed by atoms with van der Waals surface area (Å²) < 4.78 is 6.31. The Morgan fingerprint density at radius 2 is 1.64 bits per heavy atom. The number of carbonyl (C=O) groups excluding carboxylic acids is 3. The van der Waals surface area contributed by atoms with Gasteiger partial charge in [-0.3, -0.25) is 9.59 Å². The molecule has 234 valence electrons. The minimum atomic E-state index is -1.30. The number of amides is 3. The summed E-state index contributed by atoms with van der Waals surface area (Å²) in [6, 6.07) is 17.5. The number of aromatic nitrogens is 1. The molecule has 0 spiro atoms. The van der Waals surface area contributed by atoms with Gasteiger partial charge in [0.05, 0.1) is 6.04 Å². The largest absolute Gasteiger partial charge is 0.443 e. The summed E-state index contributed by atoms with van der Waals surface area (Å²) in [5.74, 6) is 1.56. The Morgan fingerprint density at radius 3 is 2.32 bits per heavy atom. The van der Waals surface area contributed by atoms with Crippen LogP contribution in [0.2, 0.25) is 0 Å². The first-order valence-electron chi connectivity index (χ1n) is 16.4. The van der Waals surface area contributed by atoms with Gasteiger partial charge in [0.1, 0.15) is 11.1 Å². The summed E-state index contributed by atoms with van der Waals surface area (Å²) in [5, 5.41) is 10.2. The zero-order chi connectivity index (χ0) is 30.7. The number of rotatable bonds is 12. The van der Waals surface area contributed by atoms with Crippen molar-refractivity contribution >= 4 is 28.8 Å². The SMILES string of the molecule is CCCC(=O)NC[C@@H](Cc1ccccc1)NC(=O)[C@](C)(Cc1c[nH]c2ccccc12)NC(=O)OC12CC3CC(CC(C3)C1)C2. The number of benzene rings is 2. The average molecular weight is 599 g/mol. The molecular formula is C36H46N4O4. The number of alkyl carbamates (subject to hydrolysis) is 1. The van der Waals surface area contributed by atoms with Crippen LogP contribution in [0.1, 0.15) is 76.3 Å². The molecule has 8 nitrogen and oxygen atoms in total. The van der Waals surface area contributed by atoms with Gasteiger partial charge < -0.3 is 25.7 Å². The Morgan fingerprint density at radius 1 is 0.977 bits per heavy atom. The normalized spacial score (nSPS) is 25.6. The van der Waals surface area contributed by atoms with Crippen molar-refractivity contribution < 1.29 is 19.1 Å². The van der Waals surface area contributed by atoms with Gasteiger partial charge in [0.25, 0.3) is 0 Å². The molecule has 4 aliphatic carbocycles. The van der Waals surface area contributed by atoms with Crippen molar-refractivity contribution in [1.82, 2.24) is 20.9 Å². The van der Waals surface area contributed by atoms with Gasteiger partial charge in [0.2, 0.25) is 11.8 Å². The first-order valence-corrected chi connectivity index (χ1v) is 16.4. The van der Waals surface area contributed by atoms with Crippen molar-refractivity contribution in [3.05, 3.63) is 71.9 Å². The number of para-hydroxylation sites is 1. The highest BCUT2D eigenvalue weighted by Crippen LogP contribution is 2.57. The number of aromatic amines is 1. The van der Waals surface area contributed by atoms with E-state index in [4.69, 9.17) is 4.74 Å². The van der Waals surface area contributed by atoms with E-state index in [9.17, 15) is 14.4 Å². The van der Waals surface area contributed by atoms with Gasteiger partial charge in [-0.25, -0.2) is 4.79 Å². The van der Waals surface area contributed by atoms with E-state index in [1.165, 1.54) is 19.3 Å². The molecule has 0 unspecified atom stereocenters. The van der Waals surface area contributed by atoms with E-state index < -0.39 is 17.2 Å². The summed E-state index contributed by atoms with van der Waals surface area (Å²) >= 11 is 0. The standard InChI is InChI=1S/C36H46N4O4/c1-3-9-32(41)38-23-29(17-24-10-5-4-6-11-24)39-33(42)35(2,21-28-22-37-31-13-8-7-12-30(28)31)40-34(43)44-36-18-25-14-26(19-36)16-27(15-25)20-36/h4-8,10-13,22,25-27,29,37H,3,9,14-21,23H2,1-2H3,(H,38,41)(H,39,42)(H,40,43)/t25?,26?,27?,29-,35+,36?/m1/s1. The van der Waals surface area contributed by atoms with Crippen LogP contribution < -0.4 is 16.0 Å². The molecule has 0 saturated heterocycles. The van der Waals surface area contributed by atoms with E-state index in [2.05, 4.69) is 20.9 Å². The van der Waals surface area contributed by atoms with Crippen LogP contribution in [0, 0.1) is 17.8 Å². The molecule has 4 N–H and O–H groups in total. The molecule has 2 atom stereocenters. The average Bonchev–Trinajstić information content (AvgIpc) is 3.37. The van der Waals surface area contributed by atoms with Crippen LogP contribution in [-0.2, 0) is 27.2 Å². The lowest BCUT2D eigenvalue weighted by molar-refractivity contribution is -0.134. The molecule has 4 bridgehead atoms. The zero-order valence-electron chi connectivity index (χ0n) is 26.0. The van der Waals surface area contributed by atoms with Gasteiger partial charge in [-0.2, -0.15) is 0 Å². The molecule has 0 radical (unpaired) electrons. The van der Waals surface area contributed by atoms with E-state index in [1.807, 2.05) is 67.7 Å². The number of carbonyl (C=O) groups is 3. The number of H-pyrrole nitrogens is 1. The molecule has 3 amide bonds. The third-order valence-electron chi connectivity index (χ3n) is 10.1. The Bertz CT molecular complexity index is 1450. The van der Waals surface area contributed by atoms with Crippen molar-refractivity contribution in [2.24, 2.45) is 17.8 Å². The van der Waals surface area contributed by atoms with Gasteiger partial charge >= 0.3 is 6.09 Å². The van der Waals surface area contributed by atoms with Crippen molar-refractivity contribution in [2.45, 2.75) is 95.2 Å². The van der Waals surface area contributed by atoms with Gasteiger partial charge in [-0.1, -0.05) is 55.5 Å². The highest BCUT2D eigenvalue weighted by Gasteiger charge is 2.53.